The molecule has 0 radical (unpaired) electrons. The maximum Gasteiger partial charge on any atom is 0.191 e. The molecule has 4 rings (SSSR count). The molecule has 0 aromatic heterocycles. The predicted molar refractivity (Wildman–Crippen MR) is 103 cm³/mol. The van der Waals surface area contributed by atoms with Gasteiger partial charge in [-0.25, -0.2) is 9.38 Å². The maximum atomic E-state index is 13.1. The number of hydrogen-bond donors (Lipinski definition) is 1. The molecule has 142 valence electrons. The number of nitrogens with two attached hydrogens (primary N) is 1. The molecule has 2 aromatic rings. The average molecular weight is 370 g/mol. The molecule has 0 aliphatic carbocycles. The van der Waals surface area contributed by atoms with E-state index in [9.17, 15) is 4.39 Å². The van der Waals surface area contributed by atoms with Crippen molar-refractivity contribution in [2.24, 2.45) is 10.7 Å². The van der Waals surface area contributed by atoms with E-state index in [4.69, 9.17) is 15.2 Å². The Bertz CT molecular complexity index is 817. The van der Waals surface area contributed by atoms with Crippen molar-refractivity contribution < 1.29 is 13.9 Å². The molecule has 2 aromatic carbocycles. The van der Waals surface area contributed by atoms with Crippen molar-refractivity contribution in [1.82, 2.24) is 4.90 Å². The number of piperazine rings is 1. The molecule has 6 nitrogen and oxygen atoms in total. The van der Waals surface area contributed by atoms with Gasteiger partial charge in [-0.2, -0.15) is 0 Å². The summed E-state index contributed by atoms with van der Waals surface area (Å²) in [6.07, 6.45) is 0. The van der Waals surface area contributed by atoms with Crippen LogP contribution in [-0.2, 0) is 6.54 Å². The second-order valence-electron chi connectivity index (χ2n) is 6.60. The molecule has 2 aliphatic heterocycles. The lowest BCUT2D eigenvalue weighted by Gasteiger charge is -2.36. The van der Waals surface area contributed by atoms with E-state index < -0.39 is 0 Å². The first kappa shape index (κ1) is 17.5. The molecular weight excluding hydrogens is 347 g/mol. The fraction of sp³-hybridized carbons (Fsp3) is 0.350. The Balaban J connectivity index is 1.33. The second-order valence-corrected chi connectivity index (χ2v) is 6.60. The minimum Gasteiger partial charge on any atom is -0.486 e. The minimum absolute atomic E-state index is 0.215. The molecule has 2 N–H and O–H groups in total. The Labute approximate surface area is 158 Å². The Kier molecular flexibility index (Phi) is 5.00. The van der Waals surface area contributed by atoms with Crippen LogP contribution >= 0.6 is 0 Å². The van der Waals surface area contributed by atoms with Crippen LogP contribution in [0.1, 0.15) is 5.56 Å². The summed E-state index contributed by atoms with van der Waals surface area (Å²) in [7, 11) is 0. The Morgan fingerprint density at radius 3 is 2.41 bits per heavy atom. The van der Waals surface area contributed by atoms with Crippen molar-refractivity contribution in [2.75, 3.05) is 44.3 Å². The summed E-state index contributed by atoms with van der Waals surface area (Å²) in [6, 6.07) is 12.5. The fourth-order valence-electron chi connectivity index (χ4n) is 3.30. The molecule has 0 spiro atoms. The van der Waals surface area contributed by atoms with Gasteiger partial charge in [0, 0.05) is 31.9 Å². The SMILES string of the molecule is NC(=NCc1ccc2c(c1)OCCO2)N1CCN(c2ccc(F)cc2)CC1. The standard InChI is InChI=1S/C20H23FN4O2/c21-16-2-4-17(5-3-16)24-7-9-25(10-8-24)20(22)23-14-15-1-6-18-19(13-15)27-12-11-26-18/h1-6,13H,7-12,14H2,(H2,22,23). The van der Waals surface area contributed by atoms with E-state index in [-0.39, 0.29) is 5.82 Å². The van der Waals surface area contributed by atoms with Crippen LogP contribution in [0.5, 0.6) is 11.5 Å². The molecular formula is C20H23FN4O2. The van der Waals surface area contributed by atoms with Gasteiger partial charge < -0.3 is 25.0 Å². The van der Waals surface area contributed by atoms with E-state index in [0.29, 0.717) is 25.7 Å². The maximum absolute atomic E-state index is 13.1. The summed E-state index contributed by atoms with van der Waals surface area (Å²) in [6.45, 7) is 4.88. The number of aliphatic imine (C=N–C) groups is 1. The van der Waals surface area contributed by atoms with Crippen LogP contribution in [0.25, 0.3) is 0 Å². The van der Waals surface area contributed by atoms with Crippen LogP contribution in [0, 0.1) is 5.82 Å². The molecule has 1 fully saturated rings. The monoisotopic (exact) mass is 370 g/mol. The van der Waals surface area contributed by atoms with E-state index in [1.807, 2.05) is 30.3 Å². The third-order valence-electron chi connectivity index (χ3n) is 4.83. The average Bonchev–Trinajstić information content (AvgIpc) is 2.72. The van der Waals surface area contributed by atoms with Crippen LogP contribution in [0.15, 0.2) is 47.5 Å². The molecule has 27 heavy (non-hydrogen) atoms. The van der Waals surface area contributed by atoms with Gasteiger partial charge in [0.25, 0.3) is 0 Å². The van der Waals surface area contributed by atoms with Gasteiger partial charge in [-0.3, -0.25) is 0 Å². The molecule has 0 unspecified atom stereocenters. The van der Waals surface area contributed by atoms with Crippen molar-refractivity contribution in [3.05, 3.63) is 53.8 Å². The Morgan fingerprint density at radius 1 is 0.963 bits per heavy atom. The quantitative estimate of drug-likeness (QED) is 0.663. The van der Waals surface area contributed by atoms with Crippen LogP contribution in [0.4, 0.5) is 10.1 Å². The van der Waals surface area contributed by atoms with Crippen molar-refractivity contribution in [3.63, 3.8) is 0 Å². The number of nitrogens with zero attached hydrogens (tertiary/aromatic N) is 3. The second kappa shape index (κ2) is 7.73. The van der Waals surface area contributed by atoms with Crippen molar-refractivity contribution in [2.45, 2.75) is 6.54 Å². The number of halogens is 1. The first-order chi connectivity index (χ1) is 13.2. The molecule has 2 aliphatic rings. The van der Waals surface area contributed by atoms with E-state index >= 15 is 0 Å². The normalized spacial score (nSPS) is 17.1. The van der Waals surface area contributed by atoms with Crippen LogP contribution in [0.3, 0.4) is 0 Å². The highest BCUT2D eigenvalue weighted by atomic mass is 19.1. The summed E-state index contributed by atoms with van der Waals surface area (Å²) < 4.78 is 24.2. The summed E-state index contributed by atoms with van der Waals surface area (Å²) in [5.41, 5.74) is 8.25. The van der Waals surface area contributed by atoms with Gasteiger partial charge in [-0.05, 0) is 42.0 Å². The largest absolute Gasteiger partial charge is 0.486 e. The number of guanidine groups is 1. The van der Waals surface area contributed by atoms with E-state index in [0.717, 1.165) is 48.9 Å². The lowest BCUT2D eigenvalue weighted by molar-refractivity contribution is 0.171. The summed E-state index contributed by atoms with van der Waals surface area (Å²) in [4.78, 5) is 8.84. The topological polar surface area (TPSA) is 63.3 Å². The first-order valence-electron chi connectivity index (χ1n) is 9.13. The van der Waals surface area contributed by atoms with Crippen molar-refractivity contribution in [1.29, 1.82) is 0 Å². The van der Waals surface area contributed by atoms with Gasteiger partial charge >= 0.3 is 0 Å². The third kappa shape index (κ3) is 4.07. The third-order valence-corrected chi connectivity index (χ3v) is 4.83. The van der Waals surface area contributed by atoms with Gasteiger partial charge in [0.1, 0.15) is 19.0 Å². The van der Waals surface area contributed by atoms with Gasteiger partial charge in [0.15, 0.2) is 17.5 Å². The van der Waals surface area contributed by atoms with Gasteiger partial charge in [0.05, 0.1) is 6.54 Å². The summed E-state index contributed by atoms with van der Waals surface area (Å²) >= 11 is 0. The molecule has 0 bridgehead atoms. The van der Waals surface area contributed by atoms with Crippen molar-refractivity contribution >= 4 is 11.6 Å². The number of rotatable bonds is 3. The zero-order chi connectivity index (χ0) is 18.6. The number of ether oxygens (including phenoxy) is 2. The minimum atomic E-state index is -0.215. The molecule has 0 saturated carbocycles. The van der Waals surface area contributed by atoms with Gasteiger partial charge in [-0.1, -0.05) is 6.07 Å². The zero-order valence-electron chi connectivity index (χ0n) is 15.1. The highest BCUT2D eigenvalue weighted by Crippen LogP contribution is 2.30. The zero-order valence-corrected chi connectivity index (χ0v) is 15.1. The molecule has 0 atom stereocenters. The molecule has 7 heteroatoms. The Hall–Kier alpha value is -2.96. The fourth-order valence-corrected chi connectivity index (χ4v) is 3.30. The van der Waals surface area contributed by atoms with Gasteiger partial charge in [-0.15, -0.1) is 0 Å². The number of hydrogen-bond acceptors (Lipinski definition) is 4. The highest BCUT2D eigenvalue weighted by molar-refractivity contribution is 5.78. The number of benzene rings is 2. The summed E-state index contributed by atoms with van der Waals surface area (Å²) in [5, 5.41) is 0. The smallest absolute Gasteiger partial charge is 0.191 e. The van der Waals surface area contributed by atoms with E-state index in [2.05, 4.69) is 14.8 Å². The Morgan fingerprint density at radius 2 is 1.67 bits per heavy atom. The highest BCUT2D eigenvalue weighted by Gasteiger charge is 2.18. The van der Waals surface area contributed by atoms with Crippen molar-refractivity contribution in [3.8, 4) is 11.5 Å². The number of anilines is 1. The van der Waals surface area contributed by atoms with Crippen LogP contribution < -0.4 is 20.1 Å². The lowest BCUT2D eigenvalue weighted by Crippen LogP contribution is -2.51. The predicted octanol–water partition coefficient (Wildman–Crippen LogP) is 2.23. The lowest BCUT2D eigenvalue weighted by atomic mass is 10.2. The summed E-state index contributed by atoms with van der Waals surface area (Å²) in [5.74, 6) is 1.87. The molecule has 0 amide bonds. The molecule has 2 heterocycles. The first-order valence-corrected chi connectivity index (χ1v) is 9.13. The molecule has 1 saturated heterocycles. The number of fused-ring (bicyclic) bond motifs is 1. The van der Waals surface area contributed by atoms with E-state index in [1.54, 1.807) is 0 Å². The van der Waals surface area contributed by atoms with Gasteiger partial charge in [0.2, 0.25) is 0 Å². The van der Waals surface area contributed by atoms with Crippen LogP contribution in [0.2, 0.25) is 0 Å². The van der Waals surface area contributed by atoms with Crippen LogP contribution in [-0.4, -0.2) is 50.3 Å². The van der Waals surface area contributed by atoms with E-state index in [1.165, 1.54) is 12.1 Å².